The summed E-state index contributed by atoms with van der Waals surface area (Å²) in [5, 5.41) is 15.8. The Bertz CT molecular complexity index is 1040. The summed E-state index contributed by atoms with van der Waals surface area (Å²) in [5.74, 6) is -0.502. The lowest BCUT2D eigenvalue weighted by Gasteiger charge is -2.13. The highest BCUT2D eigenvalue weighted by Crippen LogP contribution is 2.38. The molecule has 2 amide bonds. The number of aliphatic hydroxyl groups excluding tert-OH is 1. The lowest BCUT2D eigenvalue weighted by atomic mass is 10.1. The number of amides is 2. The Labute approximate surface area is 166 Å². The van der Waals surface area contributed by atoms with Gasteiger partial charge in [-0.25, -0.2) is 0 Å². The largest absolute Gasteiger partial charge is 0.387 e. The van der Waals surface area contributed by atoms with Gasteiger partial charge in [-0.15, -0.1) is 0 Å². The van der Waals surface area contributed by atoms with Gasteiger partial charge < -0.3 is 15.7 Å². The molecule has 1 heterocycles. The van der Waals surface area contributed by atoms with Crippen molar-refractivity contribution in [2.75, 3.05) is 11.9 Å². The quantitative estimate of drug-likeness (QED) is 0.632. The zero-order valence-electron chi connectivity index (χ0n) is 14.9. The molecule has 0 radical (unpaired) electrons. The predicted octanol–water partition coefficient (Wildman–Crippen LogP) is 3.87. The van der Waals surface area contributed by atoms with Crippen LogP contribution in [0.25, 0.3) is 0 Å². The van der Waals surface area contributed by atoms with Crippen LogP contribution in [0.4, 0.5) is 5.69 Å². The van der Waals surface area contributed by atoms with E-state index in [0.29, 0.717) is 16.8 Å². The second kappa shape index (κ2) is 7.88. The molecule has 6 heteroatoms. The third-order valence-electron chi connectivity index (χ3n) is 4.48. The van der Waals surface area contributed by atoms with Gasteiger partial charge in [-0.2, -0.15) is 0 Å². The van der Waals surface area contributed by atoms with Crippen molar-refractivity contribution in [3.63, 3.8) is 0 Å². The Morgan fingerprint density at radius 3 is 2.57 bits per heavy atom. The SMILES string of the molecule is O=C(NC[C@H](O)c1ccccc1)c1ccc2c(c1)NC(=O)c1ccccc1S2. The first-order valence-electron chi connectivity index (χ1n) is 8.85. The molecule has 4 rings (SSSR count). The topological polar surface area (TPSA) is 78.4 Å². The van der Waals surface area contributed by atoms with Crippen LogP contribution in [-0.4, -0.2) is 23.5 Å². The average molecular weight is 390 g/mol. The minimum atomic E-state index is -0.782. The fourth-order valence-electron chi connectivity index (χ4n) is 2.99. The molecule has 5 nitrogen and oxygen atoms in total. The highest BCUT2D eigenvalue weighted by molar-refractivity contribution is 7.99. The monoisotopic (exact) mass is 390 g/mol. The number of anilines is 1. The van der Waals surface area contributed by atoms with Crippen LogP contribution < -0.4 is 10.6 Å². The summed E-state index contributed by atoms with van der Waals surface area (Å²) in [6.07, 6.45) is -0.782. The molecule has 3 aromatic rings. The van der Waals surface area contributed by atoms with E-state index < -0.39 is 6.10 Å². The maximum Gasteiger partial charge on any atom is 0.256 e. The third kappa shape index (κ3) is 3.78. The number of fused-ring (bicyclic) bond motifs is 2. The van der Waals surface area contributed by atoms with Crippen molar-refractivity contribution in [1.29, 1.82) is 0 Å². The van der Waals surface area contributed by atoms with Crippen LogP contribution in [0.1, 0.15) is 32.4 Å². The van der Waals surface area contributed by atoms with Crippen molar-refractivity contribution in [3.8, 4) is 0 Å². The smallest absolute Gasteiger partial charge is 0.256 e. The highest BCUT2D eigenvalue weighted by atomic mass is 32.2. The first-order chi connectivity index (χ1) is 13.6. The molecule has 140 valence electrons. The lowest BCUT2D eigenvalue weighted by molar-refractivity contribution is 0.0915. The van der Waals surface area contributed by atoms with Crippen LogP contribution in [0, 0.1) is 0 Å². The molecule has 0 bridgehead atoms. The molecule has 0 aliphatic carbocycles. The normalized spacial score (nSPS) is 13.5. The molecule has 3 N–H and O–H groups in total. The van der Waals surface area contributed by atoms with E-state index in [-0.39, 0.29) is 18.4 Å². The maximum absolute atomic E-state index is 12.5. The molecule has 1 aliphatic rings. The lowest BCUT2D eigenvalue weighted by Crippen LogP contribution is -2.28. The van der Waals surface area contributed by atoms with Gasteiger partial charge in [0.25, 0.3) is 11.8 Å². The highest BCUT2D eigenvalue weighted by Gasteiger charge is 2.21. The summed E-state index contributed by atoms with van der Waals surface area (Å²) in [7, 11) is 0. The van der Waals surface area contributed by atoms with Crippen molar-refractivity contribution in [2.45, 2.75) is 15.9 Å². The van der Waals surface area contributed by atoms with E-state index in [1.165, 1.54) is 11.8 Å². The van der Waals surface area contributed by atoms with Crippen LogP contribution in [0.15, 0.2) is 82.6 Å². The molecule has 0 saturated heterocycles. The number of benzene rings is 3. The van der Waals surface area contributed by atoms with Crippen molar-refractivity contribution in [3.05, 3.63) is 89.5 Å². The number of nitrogens with one attached hydrogen (secondary N) is 2. The fraction of sp³-hybridized carbons (Fsp3) is 0.0909. The molecule has 1 aliphatic heterocycles. The van der Waals surface area contributed by atoms with E-state index in [1.54, 1.807) is 18.2 Å². The van der Waals surface area contributed by atoms with Gasteiger partial charge in [-0.3, -0.25) is 9.59 Å². The molecule has 28 heavy (non-hydrogen) atoms. The molecular formula is C22H18N2O3S. The van der Waals surface area contributed by atoms with Gasteiger partial charge in [0.05, 0.1) is 17.4 Å². The van der Waals surface area contributed by atoms with Crippen molar-refractivity contribution < 1.29 is 14.7 Å². The Balaban J connectivity index is 1.49. The molecule has 0 spiro atoms. The molecule has 0 fully saturated rings. The van der Waals surface area contributed by atoms with Gasteiger partial charge in [0.2, 0.25) is 0 Å². The summed E-state index contributed by atoms with van der Waals surface area (Å²) in [5.41, 5.74) is 2.38. The van der Waals surface area contributed by atoms with E-state index >= 15 is 0 Å². The van der Waals surface area contributed by atoms with Crippen LogP contribution in [0.5, 0.6) is 0 Å². The Hall–Kier alpha value is -3.09. The Morgan fingerprint density at radius 1 is 1.00 bits per heavy atom. The second-order valence-electron chi connectivity index (χ2n) is 6.40. The van der Waals surface area contributed by atoms with Crippen molar-refractivity contribution in [1.82, 2.24) is 5.32 Å². The summed E-state index contributed by atoms with van der Waals surface area (Å²) in [6, 6.07) is 21.8. The van der Waals surface area contributed by atoms with E-state index in [2.05, 4.69) is 10.6 Å². The van der Waals surface area contributed by atoms with Crippen molar-refractivity contribution in [2.24, 2.45) is 0 Å². The minimum absolute atomic E-state index is 0.104. The summed E-state index contributed by atoms with van der Waals surface area (Å²) in [4.78, 5) is 26.7. The van der Waals surface area contributed by atoms with Gasteiger partial charge in [-0.1, -0.05) is 54.2 Å². The maximum atomic E-state index is 12.5. The summed E-state index contributed by atoms with van der Waals surface area (Å²) < 4.78 is 0. The van der Waals surface area contributed by atoms with E-state index in [1.807, 2.05) is 54.6 Å². The molecule has 0 unspecified atom stereocenters. The molecule has 3 aromatic carbocycles. The van der Waals surface area contributed by atoms with Gasteiger partial charge in [0.15, 0.2) is 0 Å². The summed E-state index contributed by atoms with van der Waals surface area (Å²) in [6.45, 7) is 0.104. The zero-order chi connectivity index (χ0) is 19.5. The number of aliphatic hydroxyl groups is 1. The third-order valence-corrected chi connectivity index (χ3v) is 5.63. The van der Waals surface area contributed by atoms with Gasteiger partial charge >= 0.3 is 0 Å². The second-order valence-corrected chi connectivity index (χ2v) is 7.48. The number of carbonyl (C=O) groups is 2. The fourth-order valence-corrected chi connectivity index (χ4v) is 4.00. The van der Waals surface area contributed by atoms with Crippen LogP contribution in [0.3, 0.4) is 0 Å². The van der Waals surface area contributed by atoms with Gasteiger partial charge in [-0.05, 0) is 35.9 Å². The molecule has 0 aromatic heterocycles. The number of hydrogen-bond donors (Lipinski definition) is 3. The number of hydrogen-bond acceptors (Lipinski definition) is 4. The molecular weight excluding hydrogens is 372 g/mol. The van der Waals surface area contributed by atoms with Crippen LogP contribution in [0.2, 0.25) is 0 Å². The van der Waals surface area contributed by atoms with Crippen LogP contribution in [-0.2, 0) is 0 Å². The van der Waals surface area contributed by atoms with E-state index in [0.717, 1.165) is 15.4 Å². The molecule has 1 atom stereocenters. The first-order valence-corrected chi connectivity index (χ1v) is 9.67. The van der Waals surface area contributed by atoms with E-state index in [9.17, 15) is 14.7 Å². The van der Waals surface area contributed by atoms with Gasteiger partial charge in [0.1, 0.15) is 0 Å². The average Bonchev–Trinajstić information content (AvgIpc) is 2.87. The number of carbonyl (C=O) groups excluding carboxylic acids is 2. The van der Waals surface area contributed by atoms with Crippen LogP contribution >= 0.6 is 11.8 Å². The standard InChI is InChI=1S/C22H18N2O3S/c25-18(14-6-2-1-3-7-14)13-23-21(26)15-10-11-20-17(12-15)24-22(27)16-8-4-5-9-19(16)28-20/h1-12,18,25H,13H2,(H,23,26)(H,24,27)/t18-/m0/s1. The first kappa shape index (κ1) is 18.3. The Morgan fingerprint density at radius 2 is 1.75 bits per heavy atom. The zero-order valence-corrected chi connectivity index (χ0v) is 15.7. The number of rotatable bonds is 4. The minimum Gasteiger partial charge on any atom is -0.387 e. The predicted molar refractivity (Wildman–Crippen MR) is 109 cm³/mol. The van der Waals surface area contributed by atoms with Gasteiger partial charge in [0, 0.05) is 21.9 Å². The van der Waals surface area contributed by atoms with E-state index in [4.69, 9.17) is 0 Å². The van der Waals surface area contributed by atoms with Crippen molar-refractivity contribution >= 4 is 29.3 Å². The molecule has 0 saturated carbocycles. The Kier molecular flexibility index (Phi) is 5.14. The summed E-state index contributed by atoms with van der Waals surface area (Å²) >= 11 is 1.49.